The number of hydrogen-bond acceptors (Lipinski definition) is 5. The summed E-state index contributed by atoms with van der Waals surface area (Å²) in [7, 11) is 0. The van der Waals surface area contributed by atoms with Crippen molar-refractivity contribution in [3.63, 3.8) is 0 Å². The smallest absolute Gasteiger partial charge is 0.152 e. The molecule has 1 atom stereocenters. The van der Waals surface area contributed by atoms with E-state index in [1.54, 1.807) is 12.3 Å². The second-order valence-corrected chi connectivity index (χ2v) is 6.80. The van der Waals surface area contributed by atoms with Crippen LogP contribution in [0.1, 0.15) is 35.4 Å². The normalized spacial score (nSPS) is 16.8. The molecule has 3 aromatic rings. The molecule has 4 rings (SSSR count). The Bertz CT molecular complexity index is 960. The Hall–Kier alpha value is -3.19. The molecule has 7 nitrogen and oxygen atoms in total. The van der Waals surface area contributed by atoms with E-state index in [9.17, 15) is 0 Å². The number of aromatic nitrogens is 3. The van der Waals surface area contributed by atoms with Gasteiger partial charge in [0.05, 0.1) is 12.0 Å². The van der Waals surface area contributed by atoms with Gasteiger partial charge >= 0.3 is 0 Å². The van der Waals surface area contributed by atoms with Crippen molar-refractivity contribution >= 4 is 5.84 Å². The lowest BCUT2D eigenvalue weighted by molar-refractivity contribution is 0.483. The van der Waals surface area contributed by atoms with Gasteiger partial charge in [0, 0.05) is 30.4 Å². The molecule has 2 heterocycles. The number of amidine groups is 1. The van der Waals surface area contributed by atoms with Crippen LogP contribution in [-0.4, -0.2) is 20.4 Å². The monoisotopic (exact) mass is 361 g/mol. The molecule has 1 aliphatic rings. The fraction of sp³-hybridized carbons (Fsp3) is 0.250. The summed E-state index contributed by atoms with van der Waals surface area (Å²) in [5.41, 5.74) is 13.3. The highest BCUT2D eigenvalue weighted by atomic mass is 15.5. The predicted molar refractivity (Wildman–Crippen MR) is 106 cm³/mol. The highest BCUT2D eigenvalue weighted by molar-refractivity contribution is 5.97. The lowest BCUT2D eigenvalue weighted by atomic mass is 9.83. The van der Waals surface area contributed by atoms with Crippen molar-refractivity contribution in [1.82, 2.24) is 20.1 Å². The van der Waals surface area contributed by atoms with Gasteiger partial charge in [-0.25, -0.2) is 16.4 Å². The van der Waals surface area contributed by atoms with Crippen LogP contribution >= 0.6 is 0 Å². The lowest BCUT2D eigenvalue weighted by Crippen LogP contribution is -2.23. The maximum absolute atomic E-state index is 5.88. The molecule has 0 spiro atoms. The van der Waals surface area contributed by atoms with Gasteiger partial charge in [-0.3, -0.25) is 4.98 Å². The highest BCUT2D eigenvalue weighted by Crippen LogP contribution is 2.32. The van der Waals surface area contributed by atoms with Crippen molar-refractivity contribution in [2.24, 2.45) is 16.7 Å². The zero-order valence-corrected chi connectivity index (χ0v) is 15.0. The van der Waals surface area contributed by atoms with Crippen LogP contribution in [0.5, 0.6) is 0 Å². The molecule has 0 amide bonds. The van der Waals surface area contributed by atoms with E-state index in [-0.39, 0.29) is 0 Å². The number of fused-ring (bicyclic) bond motifs is 1. The quantitative estimate of drug-likeness (QED) is 0.279. The van der Waals surface area contributed by atoms with Crippen LogP contribution in [0.4, 0.5) is 0 Å². The van der Waals surface area contributed by atoms with E-state index in [2.05, 4.69) is 49.4 Å². The zero-order valence-electron chi connectivity index (χ0n) is 15.0. The molecule has 1 aromatic carbocycles. The Labute approximate surface area is 158 Å². The van der Waals surface area contributed by atoms with Crippen LogP contribution < -0.4 is 17.1 Å². The zero-order chi connectivity index (χ0) is 18.6. The maximum atomic E-state index is 5.88. The Morgan fingerprint density at radius 1 is 1.22 bits per heavy atom. The number of imidazole rings is 1. The van der Waals surface area contributed by atoms with Crippen LogP contribution in [-0.2, 0) is 13.0 Å². The first-order valence-corrected chi connectivity index (χ1v) is 9.09. The molecule has 0 radical (unpaired) electrons. The Balaban J connectivity index is 1.55. The summed E-state index contributed by atoms with van der Waals surface area (Å²) in [6.07, 6.45) is 9.23. The van der Waals surface area contributed by atoms with Crippen LogP contribution in [0.15, 0.2) is 60.2 Å². The number of rotatable bonds is 5. The number of nitrogens with one attached hydrogen (secondary N) is 1. The third-order valence-electron chi connectivity index (χ3n) is 5.06. The fourth-order valence-electron chi connectivity index (χ4n) is 3.75. The summed E-state index contributed by atoms with van der Waals surface area (Å²) in [5.74, 6) is 6.02. The number of pyridine rings is 1. The van der Waals surface area contributed by atoms with Crippen LogP contribution in [0.2, 0.25) is 0 Å². The van der Waals surface area contributed by atoms with Gasteiger partial charge in [0.2, 0.25) is 0 Å². The number of hydrogen-bond donors (Lipinski definition) is 3. The molecule has 1 aliphatic carbocycles. The molecule has 2 aromatic heterocycles. The van der Waals surface area contributed by atoms with E-state index in [0.717, 1.165) is 23.5 Å². The van der Waals surface area contributed by atoms with Crippen molar-refractivity contribution < 1.29 is 0 Å². The number of benzene rings is 1. The van der Waals surface area contributed by atoms with Crippen molar-refractivity contribution in [2.45, 2.75) is 31.7 Å². The van der Waals surface area contributed by atoms with Gasteiger partial charge in [-0.05, 0) is 42.5 Å². The molecule has 0 saturated carbocycles. The second-order valence-electron chi connectivity index (χ2n) is 6.80. The predicted octanol–water partition coefficient (Wildman–Crippen LogP) is 2.15. The molecule has 5 N–H and O–H groups in total. The molecule has 7 heteroatoms. The average molecular weight is 361 g/mol. The topological polar surface area (TPSA) is 107 Å². The first-order chi connectivity index (χ1) is 13.2. The molecule has 27 heavy (non-hydrogen) atoms. The van der Waals surface area contributed by atoms with Gasteiger partial charge in [0.25, 0.3) is 0 Å². The molecular formula is C20H23N7. The summed E-state index contributed by atoms with van der Waals surface area (Å²) in [5, 5.41) is 3.80. The van der Waals surface area contributed by atoms with E-state index in [4.69, 9.17) is 11.6 Å². The van der Waals surface area contributed by atoms with Crippen LogP contribution in [0, 0.1) is 0 Å². The minimum atomic E-state index is 0.305. The third-order valence-corrected chi connectivity index (χ3v) is 5.06. The average Bonchev–Trinajstić information content (AvgIpc) is 3.17. The summed E-state index contributed by atoms with van der Waals surface area (Å²) >= 11 is 0. The second kappa shape index (κ2) is 7.59. The number of hydrazone groups is 1. The summed E-state index contributed by atoms with van der Waals surface area (Å²) < 4.78 is 2.15. The van der Waals surface area contributed by atoms with Crippen LogP contribution in [0.3, 0.4) is 0 Å². The number of nitrogens with two attached hydrogens (primary N) is 2. The molecule has 138 valence electrons. The Kier molecular flexibility index (Phi) is 4.84. The first-order valence-electron chi connectivity index (χ1n) is 9.09. The minimum Gasteiger partial charge on any atom is -0.382 e. The third kappa shape index (κ3) is 3.68. The van der Waals surface area contributed by atoms with Gasteiger partial charge in [-0.1, -0.05) is 24.3 Å². The first kappa shape index (κ1) is 17.2. The van der Waals surface area contributed by atoms with Gasteiger partial charge in [0.15, 0.2) is 5.84 Å². The van der Waals surface area contributed by atoms with E-state index < -0.39 is 0 Å². The standard InChI is InChI=1S/C20H23N7/c21-20(25-26-22)15-8-9-23-18(10-15)19-12-27(13-24-19)11-16-6-3-5-14-4-1-2-7-17(14)16/h1-2,4,7-10,12-13,16,26H,3,5-6,11,22H2,(H2,21,25). The molecule has 0 bridgehead atoms. The summed E-state index contributed by atoms with van der Waals surface area (Å²) in [6.45, 7) is 0.921. The summed E-state index contributed by atoms with van der Waals surface area (Å²) in [6, 6.07) is 12.4. The Morgan fingerprint density at radius 3 is 3.00 bits per heavy atom. The molecule has 1 unspecified atom stereocenters. The Morgan fingerprint density at radius 2 is 2.11 bits per heavy atom. The fourth-order valence-corrected chi connectivity index (χ4v) is 3.75. The number of aryl methyl sites for hydroxylation is 1. The number of nitrogens with zero attached hydrogens (tertiary/aromatic N) is 4. The largest absolute Gasteiger partial charge is 0.382 e. The van der Waals surface area contributed by atoms with E-state index in [0.29, 0.717) is 11.8 Å². The van der Waals surface area contributed by atoms with Crippen molar-refractivity contribution in [3.05, 3.63) is 71.8 Å². The van der Waals surface area contributed by atoms with Gasteiger partial charge < -0.3 is 10.3 Å². The lowest BCUT2D eigenvalue weighted by Gasteiger charge is -2.25. The van der Waals surface area contributed by atoms with Crippen molar-refractivity contribution in [3.8, 4) is 11.4 Å². The molecule has 0 saturated heterocycles. The molecule has 0 fully saturated rings. The van der Waals surface area contributed by atoms with E-state index in [1.165, 1.54) is 30.4 Å². The van der Waals surface area contributed by atoms with E-state index in [1.807, 2.05) is 18.6 Å². The minimum absolute atomic E-state index is 0.305. The molecule has 0 aliphatic heterocycles. The van der Waals surface area contributed by atoms with Gasteiger partial charge in [0.1, 0.15) is 5.69 Å². The van der Waals surface area contributed by atoms with E-state index >= 15 is 0 Å². The van der Waals surface area contributed by atoms with Crippen LogP contribution in [0.25, 0.3) is 11.4 Å². The molecular weight excluding hydrogens is 338 g/mol. The van der Waals surface area contributed by atoms with Crippen molar-refractivity contribution in [2.75, 3.05) is 0 Å². The SMILES string of the molecule is NN/N=C(\N)c1ccnc(-c2cn(CC3CCCc4ccccc43)cn2)c1. The maximum Gasteiger partial charge on any atom is 0.152 e. The van der Waals surface area contributed by atoms with Gasteiger partial charge in [-0.2, -0.15) is 0 Å². The van der Waals surface area contributed by atoms with Crippen molar-refractivity contribution in [1.29, 1.82) is 0 Å². The highest BCUT2D eigenvalue weighted by Gasteiger charge is 2.20. The van der Waals surface area contributed by atoms with Gasteiger partial charge in [-0.15, -0.1) is 5.10 Å². The number of hydrazine groups is 1. The summed E-state index contributed by atoms with van der Waals surface area (Å²) in [4.78, 5) is 8.94.